The molecule has 3 rings (SSSR count). The second-order valence-corrected chi connectivity index (χ2v) is 7.93. The maximum absolute atomic E-state index is 12.9. The summed E-state index contributed by atoms with van der Waals surface area (Å²) >= 11 is 1.45. The van der Waals surface area contributed by atoms with Crippen molar-refractivity contribution in [1.29, 1.82) is 0 Å². The first-order chi connectivity index (χ1) is 13.4. The molecule has 0 saturated heterocycles. The molecule has 3 aromatic rings. The lowest BCUT2D eigenvalue weighted by molar-refractivity contribution is -0.120. The number of hydrogen-bond acceptors (Lipinski definition) is 5. The minimum absolute atomic E-state index is 0.271. The molecule has 2 aromatic heterocycles. The highest BCUT2D eigenvalue weighted by atomic mass is 32.1. The number of carbonyl (C=O) groups excluding carboxylic acids is 2. The van der Waals surface area contributed by atoms with Crippen LogP contribution in [0, 0.1) is 12.8 Å². The van der Waals surface area contributed by atoms with E-state index in [1.54, 1.807) is 0 Å². The van der Waals surface area contributed by atoms with Gasteiger partial charge in [0.05, 0.1) is 11.7 Å². The zero-order valence-electron chi connectivity index (χ0n) is 16.0. The molecule has 2 heterocycles. The molecule has 0 fully saturated rings. The van der Waals surface area contributed by atoms with Gasteiger partial charge in [0, 0.05) is 11.4 Å². The van der Waals surface area contributed by atoms with Gasteiger partial charge in [-0.2, -0.15) is 0 Å². The summed E-state index contributed by atoms with van der Waals surface area (Å²) in [5, 5.41) is 5.34. The molecule has 0 aliphatic carbocycles. The molecular weight excluding hydrogens is 376 g/mol. The third-order valence-corrected chi connectivity index (χ3v) is 5.44. The van der Waals surface area contributed by atoms with Crippen LogP contribution in [0.5, 0.6) is 0 Å². The number of aromatic nitrogens is 2. The average molecular weight is 398 g/mol. The Morgan fingerprint density at radius 1 is 1.21 bits per heavy atom. The van der Waals surface area contributed by atoms with Gasteiger partial charge in [-0.25, -0.2) is 9.78 Å². The van der Waals surface area contributed by atoms with Crippen molar-refractivity contribution >= 4 is 33.5 Å². The van der Waals surface area contributed by atoms with E-state index in [0.717, 1.165) is 16.0 Å². The smallest absolute Gasteiger partial charge is 0.321 e. The van der Waals surface area contributed by atoms with Crippen molar-refractivity contribution in [3.8, 4) is 10.4 Å². The van der Waals surface area contributed by atoms with Crippen molar-refractivity contribution < 1.29 is 9.59 Å². The molecule has 0 aliphatic rings. The van der Waals surface area contributed by atoms with Crippen LogP contribution in [-0.2, 0) is 11.3 Å². The first kappa shape index (κ1) is 19.8. The van der Waals surface area contributed by atoms with Gasteiger partial charge in [-0.3, -0.25) is 19.5 Å². The summed E-state index contributed by atoms with van der Waals surface area (Å²) in [4.78, 5) is 42.7. The highest BCUT2D eigenvalue weighted by Gasteiger charge is 2.17. The average Bonchev–Trinajstić information content (AvgIpc) is 3.00. The van der Waals surface area contributed by atoms with Crippen molar-refractivity contribution in [3.05, 3.63) is 52.6 Å². The number of rotatable bonds is 5. The monoisotopic (exact) mass is 398 g/mol. The Balaban J connectivity index is 1.83. The van der Waals surface area contributed by atoms with E-state index < -0.39 is 11.9 Å². The molecule has 7 nitrogen and oxygen atoms in total. The molecule has 28 heavy (non-hydrogen) atoms. The Morgan fingerprint density at radius 2 is 1.93 bits per heavy atom. The van der Waals surface area contributed by atoms with Gasteiger partial charge < -0.3 is 5.32 Å². The fourth-order valence-corrected chi connectivity index (χ4v) is 3.94. The van der Waals surface area contributed by atoms with Crippen LogP contribution in [0.2, 0.25) is 0 Å². The lowest BCUT2D eigenvalue weighted by Gasteiger charge is -2.09. The van der Waals surface area contributed by atoms with Crippen molar-refractivity contribution in [1.82, 2.24) is 20.2 Å². The van der Waals surface area contributed by atoms with E-state index in [1.165, 1.54) is 22.2 Å². The van der Waals surface area contributed by atoms with Crippen molar-refractivity contribution in [3.63, 3.8) is 0 Å². The van der Waals surface area contributed by atoms with Gasteiger partial charge in [-0.05, 0) is 24.0 Å². The van der Waals surface area contributed by atoms with E-state index in [2.05, 4.69) is 15.6 Å². The van der Waals surface area contributed by atoms with Crippen LogP contribution in [-0.4, -0.2) is 28.0 Å². The number of fused-ring (bicyclic) bond motifs is 1. The molecule has 1 aromatic carbocycles. The Labute approximate surface area is 166 Å². The molecule has 146 valence electrons. The number of nitrogens with zero attached hydrogens (tertiary/aromatic N) is 2. The fraction of sp³-hybridized carbons (Fsp3) is 0.300. The predicted molar refractivity (Wildman–Crippen MR) is 110 cm³/mol. The zero-order chi connectivity index (χ0) is 20.3. The quantitative estimate of drug-likeness (QED) is 0.691. The second-order valence-electron chi connectivity index (χ2n) is 6.93. The van der Waals surface area contributed by atoms with Gasteiger partial charge in [0.2, 0.25) is 5.91 Å². The van der Waals surface area contributed by atoms with Crippen molar-refractivity contribution in [2.45, 2.75) is 27.3 Å². The number of urea groups is 1. The van der Waals surface area contributed by atoms with Gasteiger partial charge >= 0.3 is 6.03 Å². The SMILES string of the molecule is Cc1c(-c2ccccc2)sc2ncn(CC(=O)NC(=O)NCC(C)C)c(=O)c12. The molecule has 0 bridgehead atoms. The first-order valence-electron chi connectivity index (χ1n) is 8.98. The summed E-state index contributed by atoms with van der Waals surface area (Å²) in [5.41, 5.74) is 1.57. The summed E-state index contributed by atoms with van der Waals surface area (Å²) < 4.78 is 1.22. The molecule has 0 saturated carbocycles. The summed E-state index contributed by atoms with van der Waals surface area (Å²) in [6.45, 7) is 5.98. The Kier molecular flexibility index (Phi) is 5.89. The molecule has 8 heteroatoms. The lowest BCUT2D eigenvalue weighted by Crippen LogP contribution is -2.43. The van der Waals surface area contributed by atoms with E-state index in [1.807, 2.05) is 51.1 Å². The Hall–Kier alpha value is -3.00. The van der Waals surface area contributed by atoms with E-state index in [4.69, 9.17) is 0 Å². The number of benzene rings is 1. The summed E-state index contributed by atoms with van der Waals surface area (Å²) in [5.74, 6) is -0.295. The summed E-state index contributed by atoms with van der Waals surface area (Å²) in [6.07, 6.45) is 1.35. The van der Waals surface area contributed by atoms with Crippen LogP contribution >= 0.6 is 11.3 Å². The standard InChI is InChI=1S/C20H22N4O3S/c1-12(2)9-21-20(27)23-15(25)10-24-11-22-18-16(19(24)26)13(3)17(28-18)14-7-5-4-6-8-14/h4-8,11-12H,9-10H2,1-3H3,(H2,21,23,25,27). The predicted octanol–water partition coefficient (Wildman–Crippen LogP) is 2.92. The van der Waals surface area contributed by atoms with Crippen molar-refractivity contribution in [2.75, 3.05) is 6.54 Å². The Bertz CT molecular complexity index is 1070. The van der Waals surface area contributed by atoms with Crippen LogP contribution in [0.3, 0.4) is 0 Å². The molecule has 0 atom stereocenters. The number of carbonyl (C=O) groups is 2. The molecule has 0 radical (unpaired) electrons. The highest BCUT2D eigenvalue weighted by molar-refractivity contribution is 7.22. The lowest BCUT2D eigenvalue weighted by atomic mass is 10.1. The zero-order valence-corrected chi connectivity index (χ0v) is 16.8. The van der Waals surface area contributed by atoms with Crippen LogP contribution in [0.1, 0.15) is 19.4 Å². The number of imide groups is 1. The van der Waals surface area contributed by atoms with Crippen LogP contribution in [0.4, 0.5) is 4.79 Å². The molecule has 0 spiro atoms. The van der Waals surface area contributed by atoms with Crippen LogP contribution in [0.25, 0.3) is 20.7 Å². The minimum Gasteiger partial charge on any atom is -0.338 e. The topological polar surface area (TPSA) is 93.1 Å². The number of thiophene rings is 1. The van der Waals surface area contributed by atoms with E-state index >= 15 is 0 Å². The summed E-state index contributed by atoms with van der Waals surface area (Å²) in [7, 11) is 0. The van der Waals surface area contributed by atoms with E-state index in [9.17, 15) is 14.4 Å². The van der Waals surface area contributed by atoms with Gasteiger partial charge in [0.25, 0.3) is 5.56 Å². The van der Waals surface area contributed by atoms with Crippen molar-refractivity contribution in [2.24, 2.45) is 5.92 Å². The minimum atomic E-state index is -0.570. The normalized spacial score (nSPS) is 11.0. The number of hydrogen-bond donors (Lipinski definition) is 2. The van der Waals surface area contributed by atoms with Gasteiger partial charge in [0.1, 0.15) is 11.4 Å². The van der Waals surface area contributed by atoms with Gasteiger partial charge in [-0.1, -0.05) is 44.2 Å². The van der Waals surface area contributed by atoms with Gasteiger partial charge in [-0.15, -0.1) is 11.3 Å². The first-order valence-corrected chi connectivity index (χ1v) is 9.80. The third-order valence-electron chi connectivity index (χ3n) is 4.19. The Morgan fingerprint density at radius 3 is 2.61 bits per heavy atom. The second kappa shape index (κ2) is 8.35. The highest BCUT2D eigenvalue weighted by Crippen LogP contribution is 2.35. The fourth-order valence-electron chi connectivity index (χ4n) is 2.80. The summed E-state index contributed by atoms with van der Waals surface area (Å²) in [6, 6.07) is 9.23. The van der Waals surface area contributed by atoms with E-state index in [-0.39, 0.29) is 18.0 Å². The van der Waals surface area contributed by atoms with Crippen LogP contribution < -0.4 is 16.2 Å². The number of amides is 3. The molecule has 2 N–H and O–H groups in total. The van der Waals surface area contributed by atoms with E-state index in [0.29, 0.717) is 16.8 Å². The molecule has 3 amide bonds. The number of nitrogens with one attached hydrogen (secondary N) is 2. The molecule has 0 unspecified atom stereocenters. The van der Waals surface area contributed by atoms with Crippen LogP contribution in [0.15, 0.2) is 41.5 Å². The number of aryl methyl sites for hydroxylation is 1. The molecular formula is C20H22N4O3S. The maximum Gasteiger partial charge on any atom is 0.321 e. The maximum atomic E-state index is 12.9. The molecule has 0 aliphatic heterocycles. The third kappa shape index (κ3) is 4.28. The van der Waals surface area contributed by atoms with Gasteiger partial charge in [0.15, 0.2) is 0 Å². The largest absolute Gasteiger partial charge is 0.338 e.